The second-order valence-corrected chi connectivity index (χ2v) is 10.3. The van der Waals surface area contributed by atoms with Gasteiger partial charge in [-0.05, 0) is 18.1 Å². The molecule has 1 saturated heterocycles. The summed E-state index contributed by atoms with van der Waals surface area (Å²) in [6.07, 6.45) is 1.74. The van der Waals surface area contributed by atoms with E-state index in [9.17, 15) is 4.79 Å². The minimum absolute atomic E-state index is 0.00960. The summed E-state index contributed by atoms with van der Waals surface area (Å²) in [5, 5.41) is 11.4. The number of carbonyl (C=O) groups excluding carboxylic acids is 1. The van der Waals surface area contributed by atoms with Gasteiger partial charge in [-0.25, -0.2) is 4.98 Å². The van der Waals surface area contributed by atoms with Gasteiger partial charge in [0, 0.05) is 48.2 Å². The van der Waals surface area contributed by atoms with Crippen molar-refractivity contribution in [3.05, 3.63) is 59.0 Å². The fourth-order valence-corrected chi connectivity index (χ4v) is 4.29. The van der Waals surface area contributed by atoms with Crippen LogP contribution in [0, 0.1) is 5.92 Å². The molecule has 7 nitrogen and oxygen atoms in total. The van der Waals surface area contributed by atoms with Crippen LogP contribution in [-0.2, 0) is 16.7 Å². The molecule has 2 N–H and O–H groups in total. The highest BCUT2D eigenvalue weighted by Gasteiger charge is 2.27. The van der Waals surface area contributed by atoms with Crippen LogP contribution in [0.1, 0.15) is 68.0 Å². The number of nitrogens with one attached hydrogen (secondary N) is 2. The van der Waals surface area contributed by atoms with Crippen LogP contribution in [-0.4, -0.2) is 52.2 Å². The van der Waals surface area contributed by atoms with Gasteiger partial charge in [-0.15, -0.1) is 0 Å². The number of pyridine rings is 1. The highest BCUT2D eigenvalue weighted by Crippen LogP contribution is 2.29. The Bertz CT molecular complexity index is 1120. The minimum atomic E-state index is -0.190. The molecule has 1 fully saturated rings. The highest BCUT2D eigenvalue weighted by atomic mass is 16.5. The number of fused-ring (bicyclic) bond motifs is 1. The van der Waals surface area contributed by atoms with Crippen molar-refractivity contribution in [3.8, 4) is 0 Å². The Morgan fingerprint density at radius 2 is 2.09 bits per heavy atom. The predicted octanol–water partition coefficient (Wildman–Crippen LogP) is 4.21. The maximum absolute atomic E-state index is 13.0. The van der Waals surface area contributed by atoms with Crippen LogP contribution in [0.15, 0.2) is 36.5 Å². The third-order valence-electron chi connectivity index (χ3n) is 5.99. The number of hydrogen-bond acceptors (Lipinski definition) is 5. The largest absolute Gasteiger partial charge is 0.369 e. The van der Waals surface area contributed by atoms with Crippen LogP contribution in [0.4, 0.5) is 0 Å². The van der Waals surface area contributed by atoms with E-state index in [2.05, 4.69) is 55.0 Å². The van der Waals surface area contributed by atoms with Crippen molar-refractivity contribution < 1.29 is 9.53 Å². The van der Waals surface area contributed by atoms with Crippen LogP contribution < -0.4 is 5.32 Å². The molecular weight excluding hydrogens is 414 g/mol. The molecule has 0 bridgehead atoms. The number of para-hydroxylation sites is 1. The van der Waals surface area contributed by atoms with Crippen LogP contribution in [0.2, 0.25) is 0 Å². The summed E-state index contributed by atoms with van der Waals surface area (Å²) in [7, 11) is 0. The molecule has 7 heteroatoms. The number of rotatable bonds is 6. The SMILES string of the molecule is CC(C)CNC(=O)c1cc(C2CN(Cc3cn[nH]c3C(C)(C)C)CCO2)nc2ccccc12. The van der Waals surface area contributed by atoms with Gasteiger partial charge in [0.2, 0.25) is 0 Å². The zero-order chi connectivity index (χ0) is 23.6. The van der Waals surface area contributed by atoms with Crippen LogP contribution in [0.5, 0.6) is 0 Å². The quantitative estimate of drug-likeness (QED) is 0.589. The molecule has 1 atom stereocenters. The van der Waals surface area contributed by atoms with E-state index in [1.54, 1.807) is 0 Å². The molecular formula is C26H35N5O2. The Hall–Kier alpha value is -2.77. The Balaban J connectivity index is 1.58. The summed E-state index contributed by atoms with van der Waals surface area (Å²) in [6, 6.07) is 9.72. The van der Waals surface area contributed by atoms with E-state index in [-0.39, 0.29) is 17.4 Å². The Morgan fingerprint density at radius 1 is 1.30 bits per heavy atom. The standard InChI is InChI=1S/C26H35N5O2/c1-17(2)13-27-25(32)20-12-22(29-21-9-7-6-8-19(20)21)23-16-31(10-11-33-23)15-18-14-28-30-24(18)26(3,4)5/h6-9,12,14,17,23H,10-11,13,15-16H2,1-5H3,(H,27,32)(H,28,30). The lowest BCUT2D eigenvalue weighted by atomic mass is 9.89. The Labute approximate surface area is 195 Å². The number of carbonyl (C=O) groups is 1. The van der Waals surface area contributed by atoms with Gasteiger partial charge in [0.05, 0.1) is 29.6 Å². The molecule has 3 heterocycles. The lowest BCUT2D eigenvalue weighted by Crippen LogP contribution is -2.38. The predicted molar refractivity (Wildman–Crippen MR) is 130 cm³/mol. The topological polar surface area (TPSA) is 83.1 Å². The van der Waals surface area contributed by atoms with Crippen LogP contribution in [0.3, 0.4) is 0 Å². The lowest BCUT2D eigenvalue weighted by molar-refractivity contribution is -0.0349. The molecule has 1 aliphatic heterocycles. The number of H-pyrrole nitrogens is 1. The van der Waals surface area contributed by atoms with Gasteiger partial charge >= 0.3 is 0 Å². The van der Waals surface area contributed by atoms with Crippen LogP contribution in [0.25, 0.3) is 10.9 Å². The molecule has 1 aliphatic rings. The molecule has 33 heavy (non-hydrogen) atoms. The van der Waals surface area contributed by atoms with E-state index < -0.39 is 0 Å². The average Bonchev–Trinajstić information content (AvgIpc) is 3.25. The Morgan fingerprint density at radius 3 is 2.85 bits per heavy atom. The summed E-state index contributed by atoms with van der Waals surface area (Å²) >= 11 is 0. The van der Waals surface area contributed by atoms with E-state index in [0.29, 0.717) is 31.2 Å². The number of hydrogen-bond donors (Lipinski definition) is 2. The molecule has 0 spiro atoms. The van der Waals surface area contributed by atoms with Crippen LogP contribution >= 0.6 is 0 Å². The number of aromatic amines is 1. The van der Waals surface area contributed by atoms with Crippen molar-refractivity contribution in [1.29, 1.82) is 0 Å². The average molecular weight is 450 g/mol. The number of amides is 1. The van der Waals surface area contributed by atoms with E-state index in [1.165, 1.54) is 11.3 Å². The molecule has 1 aromatic carbocycles. The third kappa shape index (κ3) is 5.42. The molecule has 3 aromatic rings. The van der Waals surface area contributed by atoms with Gasteiger partial charge in [0.15, 0.2) is 0 Å². The van der Waals surface area contributed by atoms with Crippen molar-refractivity contribution in [1.82, 2.24) is 25.4 Å². The molecule has 0 aliphatic carbocycles. The number of nitrogens with zero attached hydrogens (tertiary/aromatic N) is 3. The van der Waals surface area contributed by atoms with Gasteiger partial charge < -0.3 is 10.1 Å². The first-order chi connectivity index (χ1) is 15.7. The molecule has 4 rings (SSSR count). The molecule has 2 aromatic heterocycles. The fraction of sp³-hybridized carbons (Fsp3) is 0.500. The molecule has 0 saturated carbocycles. The second kappa shape index (κ2) is 9.61. The zero-order valence-corrected chi connectivity index (χ0v) is 20.3. The van der Waals surface area contributed by atoms with Gasteiger partial charge in [0.1, 0.15) is 6.10 Å². The van der Waals surface area contributed by atoms with Crippen molar-refractivity contribution in [2.24, 2.45) is 5.92 Å². The molecule has 1 unspecified atom stereocenters. The minimum Gasteiger partial charge on any atom is -0.369 e. The number of benzene rings is 1. The van der Waals surface area contributed by atoms with Crippen molar-refractivity contribution in [2.45, 2.75) is 52.7 Å². The summed E-state index contributed by atoms with van der Waals surface area (Å²) in [5.74, 6) is 0.321. The summed E-state index contributed by atoms with van der Waals surface area (Å²) in [5.41, 5.74) is 4.66. The molecule has 0 radical (unpaired) electrons. The van der Waals surface area contributed by atoms with Crippen molar-refractivity contribution >= 4 is 16.8 Å². The molecule has 1 amide bonds. The number of aromatic nitrogens is 3. The fourth-order valence-electron chi connectivity index (χ4n) is 4.29. The van der Waals surface area contributed by atoms with Crippen molar-refractivity contribution in [2.75, 3.05) is 26.2 Å². The van der Waals surface area contributed by atoms with Gasteiger partial charge in [-0.1, -0.05) is 52.8 Å². The summed E-state index contributed by atoms with van der Waals surface area (Å²) in [6.45, 7) is 14.4. The van der Waals surface area contributed by atoms with Crippen molar-refractivity contribution in [3.63, 3.8) is 0 Å². The Kier molecular flexibility index (Phi) is 6.81. The smallest absolute Gasteiger partial charge is 0.252 e. The highest BCUT2D eigenvalue weighted by molar-refractivity contribution is 6.06. The van der Waals surface area contributed by atoms with E-state index >= 15 is 0 Å². The lowest BCUT2D eigenvalue weighted by Gasteiger charge is -2.33. The summed E-state index contributed by atoms with van der Waals surface area (Å²) in [4.78, 5) is 20.3. The first kappa shape index (κ1) is 23.4. The van der Waals surface area contributed by atoms with Gasteiger partial charge in [-0.2, -0.15) is 5.10 Å². The maximum atomic E-state index is 13.0. The van der Waals surface area contributed by atoms with Gasteiger partial charge in [-0.3, -0.25) is 14.8 Å². The summed E-state index contributed by atoms with van der Waals surface area (Å²) < 4.78 is 6.13. The number of ether oxygens (including phenoxy) is 1. The van der Waals surface area contributed by atoms with E-state index in [4.69, 9.17) is 9.72 Å². The first-order valence-electron chi connectivity index (χ1n) is 11.8. The van der Waals surface area contributed by atoms with E-state index in [1.807, 2.05) is 36.5 Å². The normalized spacial score (nSPS) is 17.6. The second-order valence-electron chi connectivity index (χ2n) is 10.3. The zero-order valence-electron chi connectivity index (χ0n) is 20.3. The maximum Gasteiger partial charge on any atom is 0.252 e. The number of morpholine rings is 1. The molecule has 176 valence electrons. The monoisotopic (exact) mass is 449 g/mol. The van der Waals surface area contributed by atoms with E-state index in [0.717, 1.165) is 29.7 Å². The van der Waals surface area contributed by atoms with Gasteiger partial charge in [0.25, 0.3) is 5.91 Å². The first-order valence-corrected chi connectivity index (χ1v) is 11.8. The third-order valence-corrected chi connectivity index (χ3v) is 5.99.